The molecule has 0 aliphatic rings. The number of nitro benzene ring substituents is 1. The van der Waals surface area contributed by atoms with Crippen molar-refractivity contribution in [3.8, 4) is 0 Å². The van der Waals surface area contributed by atoms with Gasteiger partial charge < -0.3 is 10.2 Å². The fraction of sp³-hybridized carbons (Fsp3) is 0.125. The van der Waals surface area contributed by atoms with Gasteiger partial charge in [0.1, 0.15) is 0 Å². The average molecular weight is 276 g/mol. The van der Waals surface area contributed by atoms with E-state index in [0.717, 1.165) is 6.07 Å². The zero-order chi connectivity index (χ0) is 11.6. The second-order valence-corrected chi connectivity index (χ2v) is 3.62. The second-order valence-electron chi connectivity index (χ2n) is 2.70. The van der Waals surface area contributed by atoms with Gasteiger partial charge in [0.15, 0.2) is 6.10 Å². The number of hydrogen-bond acceptors (Lipinski definition) is 4. The molecular weight excluding hydrogens is 270 g/mol. The summed E-state index contributed by atoms with van der Waals surface area (Å²) in [6.45, 7) is 0. The highest BCUT2D eigenvalue weighted by atomic mass is 79.9. The molecule has 0 spiro atoms. The van der Waals surface area contributed by atoms with Crippen molar-refractivity contribution in [1.29, 1.82) is 0 Å². The van der Waals surface area contributed by atoms with Crippen LogP contribution in [0.2, 0.25) is 0 Å². The van der Waals surface area contributed by atoms with Gasteiger partial charge in [-0.05, 0) is 12.1 Å². The van der Waals surface area contributed by atoms with Crippen LogP contribution < -0.4 is 0 Å². The molecule has 0 heterocycles. The molecule has 0 aliphatic carbocycles. The average Bonchev–Trinajstić information content (AvgIpc) is 2.15. The molecule has 1 rings (SSSR count). The number of carboxylic acids is 1. The number of nitrogens with zero attached hydrogens (tertiary/aromatic N) is 1. The Morgan fingerprint density at radius 2 is 2.13 bits per heavy atom. The van der Waals surface area contributed by atoms with E-state index in [1.165, 1.54) is 12.1 Å². The number of carbonyl (C=O) groups is 1. The fourth-order valence-corrected chi connectivity index (χ4v) is 1.42. The highest BCUT2D eigenvalue weighted by Gasteiger charge is 2.25. The molecule has 15 heavy (non-hydrogen) atoms. The Morgan fingerprint density at radius 3 is 2.60 bits per heavy atom. The Labute approximate surface area is 92.4 Å². The van der Waals surface area contributed by atoms with Gasteiger partial charge in [-0.1, -0.05) is 15.9 Å². The minimum atomic E-state index is -1.90. The van der Waals surface area contributed by atoms with Gasteiger partial charge in [0.2, 0.25) is 0 Å². The first-order valence-electron chi connectivity index (χ1n) is 3.78. The summed E-state index contributed by atoms with van der Waals surface area (Å²) in [5.74, 6) is -1.53. The van der Waals surface area contributed by atoms with Gasteiger partial charge in [0.25, 0.3) is 5.69 Å². The number of nitro groups is 1. The lowest BCUT2D eigenvalue weighted by Crippen LogP contribution is -2.12. The molecule has 0 fully saturated rings. The maximum Gasteiger partial charge on any atom is 0.337 e. The van der Waals surface area contributed by atoms with Crippen molar-refractivity contribution >= 4 is 27.6 Å². The third kappa shape index (κ3) is 2.51. The van der Waals surface area contributed by atoms with Gasteiger partial charge in [-0.25, -0.2) is 4.79 Å². The number of aliphatic carboxylic acids is 1. The SMILES string of the molecule is O=C(O)[C@H](O)c1cc(Br)ccc1[N+](=O)[O-]. The Bertz CT molecular complexity index is 419. The van der Waals surface area contributed by atoms with Gasteiger partial charge >= 0.3 is 5.97 Å². The fourth-order valence-electron chi connectivity index (χ4n) is 1.04. The van der Waals surface area contributed by atoms with Crippen LogP contribution in [-0.2, 0) is 4.79 Å². The summed E-state index contributed by atoms with van der Waals surface area (Å²) in [5.41, 5.74) is -0.671. The lowest BCUT2D eigenvalue weighted by molar-refractivity contribution is -0.386. The quantitative estimate of drug-likeness (QED) is 0.643. The van der Waals surface area contributed by atoms with E-state index in [2.05, 4.69) is 15.9 Å². The van der Waals surface area contributed by atoms with Crippen LogP contribution in [0.5, 0.6) is 0 Å². The van der Waals surface area contributed by atoms with Crippen LogP contribution in [0.4, 0.5) is 5.69 Å². The number of benzene rings is 1. The maximum absolute atomic E-state index is 10.5. The van der Waals surface area contributed by atoms with Crippen molar-refractivity contribution in [3.05, 3.63) is 38.3 Å². The summed E-state index contributed by atoms with van der Waals surface area (Å²) in [6.07, 6.45) is -1.90. The number of rotatable bonds is 3. The predicted octanol–water partition coefficient (Wildman–Crippen LogP) is 1.48. The van der Waals surface area contributed by atoms with Crippen molar-refractivity contribution in [2.75, 3.05) is 0 Å². The molecule has 0 saturated heterocycles. The monoisotopic (exact) mass is 275 g/mol. The van der Waals surface area contributed by atoms with Crippen molar-refractivity contribution in [2.24, 2.45) is 0 Å². The Hall–Kier alpha value is -1.47. The zero-order valence-corrected chi connectivity index (χ0v) is 8.84. The third-order valence-corrected chi connectivity index (χ3v) is 2.21. The lowest BCUT2D eigenvalue weighted by Gasteiger charge is -2.06. The molecule has 0 radical (unpaired) electrons. The molecule has 0 amide bonds. The van der Waals surface area contributed by atoms with Crippen LogP contribution >= 0.6 is 15.9 Å². The van der Waals surface area contributed by atoms with Crippen molar-refractivity contribution in [1.82, 2.24) is 0 Å². The Balaban J connectivity index is 3.30. The van der Waals surface area contributed by atoms with E-state index in [0.29, 0.717) is 4.47 Å². The molecule has 0 saturated carbocycles. The van der Waals surface area contributed by atoms with Gasteiger partial charge in [0, 0.05) is 10.5 Å². The molecule has 7 heteroatoms. The molecule has 0 aliphatic heterocycles. The molecule has 6 nitrogen and oxygen atoms in total. The molecule has 1 aromatic carbocycles. The molecule has 0 unspecified atom stereocenters. The molecule has 1 aromatic rings. The Kier molecular flexibility index (Phi) is 3.38. The first-order chi connectivity index (χ1) is 6.93. The highest BCUT2D eigenvalue weighted by Crippen LogP contribution is 2.28. The molecule has 0 aromatic heterocycles. The van der Waals surface area contributed by atoms with E-state index in [1.807, 2.05) is 0 Å². The molecule has 80 valence electrons. The van der Waals surface area contributed by atoms with Crippen LogP contribution in [0.1, 0.15) is 11.7 Å². The third-order valence-electron chi connectivity index (χ3n) is 1.71. The predicted molar refractivity (Wildman–Crippen MR) is 53.4 cm³/mol. The smallest absolute Gasteiger partial charge is 0.337 e. The van der Waals surface area contributed by atoms with Crippen LogP contribution in [0.25, 0.3) is 0 Å². The van der Waals surface area contributed by atoms with E-state index in [4.69, 9.17) is 5.11 Å². The normalized spacial score (nSPS) is 12.1. The second kappa shape index (κ2) is 4.37. The van der Waals surface area contributed by atoms with Gasteiger partial charge in [-0.15, -0.1) is 0 Å². The van der Waals surface area contributed by atoms with Gasteiger partial charge in [0.05, 0.1) is 10.5 Å². The summed E-state index contributed by atoms with van der Waals surface area (Å²) < 4.78 is 0.461. The topological polar surface area (TPSA) is 101 Å². The number of aliphatic hydroxyl groups excluding tert-OH is 1. The van der Waals surface area contributed by atoms with E-state index < -0.39 is 22.7 Å². The van der Waals surface area contributed by atoms with Gasteiger partial charge in [-0.3, -0.25) is 10.1 Å². The number of hydrogen-bond donors (Lipinski definition) is 2. The Morgan fingerprint density at radius 1 is 1.53 bits per heavy atom. The van der Waals surface area contributed by atoms with Crippen molar-refractivity contribution < 1.29 is 19.9 Å². The standard InChI is InChI=1S/C8H6BrNO5/c9-4-1-2-6(10(14)15)5(3-4)7(11)8(12)13/h1-3,7,11H,(H,12,13)/t7-/m1/s1. The van der Waals surface area contributed by atoms with E-state index >= 15 is 0 Å². The zero-order valence-electron chi connectivity index (χ0n) is 7.25. The first-order valence-corrected chi connectivity index (χ1v) is 4.57. The summed E-state index contributed by atoms with van der Waals surface area (Å²) in [5, 5.41) is 28.3. The highest BCUT2D eigenvalue weighted by molar-refractivity contribution is 9.10. The minimum absolute atomic E-state index is 0.248. The summed E-state index contributed by atoms with van der Waals surface area (Å²) in [6, 6.07) is 3.73. The lowest BCUT2D eigenvalue weighted by atomic mass is 10.1. The van der Waals surface area contributed by atoms with Gasteiger partial charge in [-0.2, -0.15) is 0 Å². The van der Waals surface area contributed by atoms with Crippen LogP contribution in [0, 0.1) is 10.1 Å². The maximum atomic E-state index is 10.5. The minimum Gasteiger partial charge on any atom is -0.479 e. The first kappa shape index (κ1) is 11.6. The largest absolute Gasteiger partial charge is 0.479 e. The van der Waals surface area contributed by atoms with E-state index in [-0.39, 0.29) is 5.56 Å². The summed E-state index contributed by atoms with van der Waals surface area (Å²) in [4.78, 5) is 20.3. The number of aliphatic hydroxyl groups is 1. The molecule has 1 atom stereocenters. The van der Waals surface area contributed by atoms with Crippen LogP contribution in [-0.4, -0.2) is 21.1 Å². The number of carboxylic acid groups (broad SMARTS) is 1. The van der Waals surface area contributed by atoms with Crippen LogP contribution in [0.3, 0.4) is 0 Å². The van der Waals surface area contributed by atoms with Crippen LogP contribution in [0.15, 0.2) is 22.7 Å². The van der Waals surface area contributed by atoms with Crippen molar-refractivity contribution in [2.45, 2.75) is 6.10 Å². The van der Waals surface area contributed by atoms with E-state index in [1.54, 1.807) is 0 Å². The van der Waals surface area contributed by atoms with Crippen molar-refractivity contribution in [3.63, 3.8) is 0 Å². The number of halogens is 1. The summed E-state index contributed by atoms with van der Waals surface area (Å²) in [7, 11) is 0. The molecule has 2 N–H and O–H groups in total. The summed E-state index contributed by atoms with van der Waals surface area (Å²) >= 11 is 3.04. The van der Waals surface area contributed by atoms with E-state index in [9.17, 15) is 20.0 Å². The molecular formula is C8H6BrNO5. The molecule has 0 bridgehead atoms.